The van der Waals surface area contributed by atoms with Crippen LogP contribution in [-0.2, 0) is 4.79 Å². The Balaban J connectivity index is 1.62. The number of carbonyl (C=O) groups excluding carboxylic acids is 1. The third kappa shape index (κ3) is 1.63. The minimum Gasteiger partial charge on any atom is -0.317 e. The van der Waals surface area contributed by atoms with E-state index in [1.165, 1.54) is 44.9 Å². The molecule has 0 aromatic carbocycles. The maximum atomic E-state index is 12.3. The molecule has 0 aromatic heterocycles. The first kappa shape index (κ1) is 9.83. The van der Waals surface area contributed by atoms with Crippen molar-refractivity contribution in [3.63, 3.8) is 0 Å². The fourth-order valence-electron chi connectivity index (χ4n) is 3.72. The van der Waals surface area contributed by atoms with Crippen LogP contribution in [0.5, 0.6) is 0 Å². The van der Waals surface area contributed by atoms with Gasteiger partial charge in [-0.3, -0.25) is 4.79 Å². The fraction of sp³-hybridized carbons (Fsp3) is 0.923. The molecule has 2 nitrogen and oxygen atoms in total. The molecule has 1 N–H and O–H groups in total. The van der Waals surface area contributed by atoms with E-state index in [-0.39, 0.29) is 0 Å². The second-order valence-corrected chi connectivity index (χ2v) is 5.75. The summed E-state index contributed by atoms with van der Waals surface area (Å²) in [6.07, 6.45) is 8.65. The first-order valence-corrected chi connectivity index (χ1v) is 6.56. The molecule has 0 radical (unpaired) electrons. The van der Waals surface area contributed by atoms with Gasteiger partial charge in [-0.1, -0.05) is 12.8 Å². The van der Waals surface area contributed by atoms with Crippen LogP contribution in [0.3, 0.4) is 0 Å². The van der Waals surface area contributed by atoms with E-state index in [2.05, 4.69) is 5.32 Å². The zero-order chi connectivity index (χ0) is 10.3. The number of nitrogens with one attached hydrogen (secondary N) is 1. The van der Waals surface area contributed by atoms with E-state index in [9.17, 15) is 4.79 Å². The van der Waals surface area contributed by atoms with Crippen molar-refractivity contribution in [2.75, 3.05) is 13.1 Å². The van der Waals surface area contributed by atoms with E-state index < -0.39 is 0 Å². The summed E-state index contributed by atoms with van der Waals surface area (Å²) < 4.78 is 0. The number of hydrogen-bond acceptors (Lipinski definition) is 2. The number of piperidine rings is 1. The van der Waals surface area contributed by atoms with Crippen molar-refractivity contribution in [2.45, 2.75) is 44.9 Å². The van der Waals surface area contributed by atoms with E-state index in [0.29, 0.717) is 23.0 Å². The number of carbonyl (C=O) groups is 1. The Hall–Kier alpha value is -0.370. The largest absolute Gasteiger partial charge is 0.317 e. The van der Waals surface area contributed by atoms with E-state index in [0.717, 1.165) is 13.1 Å². The topological polar surface area (TPSA) is 29.1 Å². The molecule has 84 valence electrons. The molecule has 2 saturated carbocycles. The van der Waals surface area contributed by atoms with Crippen molar-refractivity contribution in [2.24, 2.45) is 17.3 Å². The van der Waals surface area contributed by atoms with Crippen molar-refractivity contribution in [3.8, 4) is 0 Å². The summed E-state index contributed by atoms with van der Waals surface area (Å²) in [6.45, 7) is 2.27. The molecule has 2 heteroatoms. The fourth-order valence-corrected chi connectivity index (χ4v) is 3.72. The average Bonchev–Trinajstić information content (AvgIpc) is 2.76. The third-order valence-electron chi connectivity index (χ3n) is 4.89. The molecule has 1 atom stereocenters. The predicted octanol–water partition coefficient (Wildman–Crippen LogP) is 2.14. The zero-order valence-electron chi connectivity index (χ0n) is 9.43. The average molecular weight is 207 g/mol. The molecule has 3 fully saturated rings. The van der Waals surface area contributed by atoms with Gasteiger partial charge in [0.05, 0.1) is 0 Å². The lowest BCUT2D eigenvalue weighted by molar-refractivity contribution is -0.124. The molecule has 0 amide bonds. The van der Waals surface area contributed by atoms with E-state index in [1.54, 1.807) is 0 Å². The van der Waals surface area contributed by atoms with Crippen molar-refractivity contribution in [1.82, 2.24) is 5.32 Å². The van der Waals surface area contributed by atoms with Crippen LogP contribution < -0.4 is 5.32 Å². The van der Waals surface area contributed by atoms with E-state index in [4.69, 9.17) is 0 Å². The SMILES string of the molecule is O=C(C1CCCC1)C1CC12CCNCC2. The summed E-state index contributed by atoms with van der Waals surface area (Å²) in [5.74, 6) is 1.54. The highest BCUT2D eigenvalue weighted by Gasteiger charge is 2.58. The second kappa shape index (κ2) is 3.58. The molecule has 15 heavy (non-hydrogen) atoms. The summed E-state index contributed by atoms with van der Waals surface area (Å²) in [5, 5.41) is 3.40. The van der Waals surface area contributed by atoms with Gasteiger partial charge in [0.1, 0.15) is 5.78 Å². The molecular weight excluding hydrogens is 186 g/mol. The quantitative estimate of drug-likeness (QED) is 0.751. The van der Waals surface area contributed by atoms with Gasteiger partial charge in [0.15, 0.2) is 0 Å². The molecule has 1 heterocycles. The molecule has 0 aromatic rings. The van der Waals surface area contributed by atoms with Gasteiger partial charge in [0.2, 0.25) is 0 Å². The molecule has 0 bridgehead atoms. The number of hydrogen-bond donors (Lipinski definition) is 1. The van der Waals surface area contributed by atoms with Gasteiger partial charge in [0.25, 0.3) is 0 Å². The van der Waals surface area contributed by atoms with Crippen molar-refractivity contribution >= 4 is 5.78 Å². The Morgan fingerprint density at radius 3 is 2.47 bits per heavy atom. The van der Waals surface area contributed by atoms with Crippen molar-refractivity contribution in [1.29, 1.82) is 0 Å². The summed E-state index contributed by atoms with van der Waals surface area (Å²) >= 11 is 0. The maximum Gasteiger partial charge on any atom is 0.139 e. The number of rotatable bonds is 2. The van der Waals surface area contributed by atoms with Crippen LogP contribution >= 0.6 is 0 Å². The van der Waals surface area contributed by atoms with Gasteiger partial charge in [-0.15, -0.1) is 0 Å². The first-order valence-electron chi connectivity index (χ1n) is 6.56. The molecule has 3 rings (SSSR count). The summed E-state index contributed by atoms with van der Waals surface area (Å²) in [6, 6.07) is 0. The normalized spacial score (nSPS) is 34.5. The lowest BCUT2D eigenvalue weighted by Crippen LogP contribution is -2.31. The smallest absolute Gasteiger partial charge is 0.139 e. The summed E-state index contributed by atoms with van der Waals surface area (Å²) in [7, 11) is 0. The van der Waals surface area contributed by atoms with Crippen LogP contribution in [-0.4, -0.2) is 18.9 Å². The lowest BCUT2D eigenvalue weighted by atomic mass is 9.87. The molecular formula is C13H21NO. The van der Waals surface area contributed by atoms with Crippen LogP contribution in [0.1, 0.15) is 44.9 Å². The first-order chi connectivity index (χ1) is 7.32. The van der Waals surface area contributed by atoms with Crippen LogP contribution in [0.4, 0.5) is 0 Å². The van der Waals surface area contributed by atoms with Crippen LogP contribution in [0.2, 0.25) is 0 Å². The van der Waals surface area contributed by atoms with E-state index >= 15 is 0 Å². The molecule has 1 aliphatic heterocycles. The van der Waals surface area contributed by atoms with E-state index in [1.807, 2.05) is 0 Å². The Morgan fingerprint density at radius 1 is 1.13 bits per heavy atom. The molecule has 3 aliphatic rings. The van der Waals surface area contributed by atoms with Gasteiger partial charge >= 0.3 is 0 Å². The van der Waals surface area contributed by atoms with Crippen LogP contribution in [0.25, 0.3) is 0 Å². The highest BCUT2D eigenvalue weighted by atomic mass is 16.1. The number of Topliss-reactive ketones (excluding diaryl/α,β-unsaturated/α-hetero) is 1. The monoisotopic (exact) mass is 207 g/mol. The Kier molecular flexibility index (Phi) is 2.35. The van der Waals surface area contributed by atoms with Gasteiger partial charge in [0, 0.05) is 11.8 Å². The molecule has 2 aliphatic carbocycles. The van der Waals surface area contributed by atoms with Crippen molar-refractivity contribution in [3.05, 3.63) is 0 Å². The Bertz CT molecular complexity index is 262. The zero-order valence-corrected chi connectivity index (χ0v) is 9.43. The molecule has 1 spiro atoms. The summed E-state index contributed by atoms with van der Waals surface area (Å²) in [5.41, 5.74) is 0.463. The Labute approximate surface area is 91.8 Å². The van der Waals surface area contributed by atoms with Crippen LogP contribution in [0.15, 0.2) is 0 Å². The standard InChI is InChI=1S/C13H21NO/c15-12(10-3-1-2-4-10)11-9-13(11)5-7-14-8-6-13/h10-11,14H,1-9H2. The molecule has 1 saturated heterocycles. The summed E-state index contributed by atoms with van der Waals surface area (Å²) in [4.78, 5) is 12.3. The van der Waals surface area contributed by atoms with Gasteiger partial charge in [-0.25, -0.2) is 0 Å². The third-order valence-corrected chi connectivity index (χ3v) is 4.89. The number of ketones is 1. The minimum atomic E-state index is 0.448. The van der Waals surface area contributed by atoms with Gasteiger partial charge in [-0.05, 0) is 50.6 Å². The van der Waals surface area contributed by atoms with Gasteiger partial charge < -0.3 is 5.32 Å². The second-order valence-electron chi connectivity index (χ2n) is 5.75. The highest BCUT2D eigenvalue weighted by molar-refractivity contribution is 5.87. The molecule has 1 unspecified atom stereocenters. The lowest BCUT2D eigenvalue weighted by Gasteiger charge is -2.23. The van der Waals surface area contributed by atoms with Gasteiger partial charge in [-0.2, -0.15) is 0 Å². The highest BCUT2D eigenvalue weighted by Crippen LogP contribution is 2.60. The minimum absolute atomic E-state index is 0.448. The van der Waals surface area contributed by atoms with Crippen molar-refractivity contribution < 1.29 is 4.79 Å². The van der Waals surface area contributed by atoms with Crippen LogP contribution in [0, 0.1) is 17.3 Å². The Morgan fingerprint density at radius 2 is 1.80 bits per heavy atom. The maximum absolute atomic E-state index is 12.3. The predicted molar refractivity (Wildman–Crippen MR) is 59.6 cm³/mol.